The molecule has 0 saturated carbocycles. The second-order valence-corrected chi connectivity index (χ2v) is 11.1. The summed E-state index contributed by atoms with van der Waals surface area (Å²) >= 11 is 0. The van der Waals surface area contributed by atoms with Gasteiger partial charge in [-0.15, -0.1) is 0 Å². The Labute approximate surface area is 236 Å². The molecule has 1 saturated heterocycles. The third-order valence-corrected chi connectivity index (χ3v) is 8.17. The Morgan fingerprint density at radius 1 is 1.05 bits per heavy atom. The molecule has 1 amide bonds. The molecular weight excluding hydrogens is 548 g/mol. The molecule has 0 bridgehead atoms. The van der Waals surface area contributed by atoms with Crippen LogP contribution in [-0.2, 0) is 22.2 Å². The first-order chi connectivity index (χ1) is 19.9. The van der Waals surface area contributed by atoms with Crippen LogP contribution in [0, 0.1) is 5.82 Å². The molecule has 2 unspecified atom stereocenters. The van der Waals surface area contributed by atoms with Gasteiger partial charge in [0.1, 0.15) is 35.1 Å². The van der Waals surface area contributed by atoms with Gasteiger partial charge in [0.05, 0.1) is 16.8 Å². The maximum absolute atomic E-state index is 13.5. The Bertz CT molecular complexity index is 1750. The molecule has 1 aliphatic rings. The smallest absolute Gasteiger partial charge is 0.230 e. The third kappa shape index (κ3) is 6.13. The van der Waals surface area contributed by atoms with E-state index in [4.69, 9.17) is 0 Å². The van der Waals surface area contributed by atoms with Crippen LogP contribution in [-0.4, -0.2) is 53.8 Å². The van der Waals surface area contributed by atoms with Crippen molar-refractivity contribution in [1.29, 1.82) is 0 Å². The van der Waals surface area contributed by atoms with Crippen LogP contribution in [0.1, 0.15) is 12.1 Å². The number of rotatable bonds is 8. The van der Waals surface area contributed by atoms with E-state index in [-0.39, 0.29) is 18.9 Å². The number of alkyl halides is 1. The second kappa shape index (κ2) is 11.5. The highest BCUT2D eigenvalue weighted by Crippen LogP contribution is 2.29. The number of hydrogen-bond acceptors (Lipinski definition) is 6. The van der Waals surface area contributed by atoms with E-state index >= 15 is 0 Å². The summed E-state index contributed by atoms with van der Waals surface area (Å²) in [6, 6.07) is 20.6. The van der Waals surface area contributed by atoms with Gasteiger partial charge in [0.2, 0.25) is 5.91 Å². The molecule has 0 radical (unpaired) electrons. The first kappa shape index (κ1) is 26.7. The Balaban J connectivity index is 1.13. The monoisotopic (exact) mass is 573 g/mol. The number of H-pyrrole nitrogens is 1. The van der Waals surface area contributed by atoms with Gasteiger partial charge in [-0.05, 0) is 60.0 Å². The Morgan fingerprint density at radius 3 is 2.66 bits per heavy atom. The van der Waals surface area contributed by atoms with Crippen LogP contribution in [0.4, 0.5) is 26.1 Å². The molecule has 208 valence electrons. The van der Waals surface area contributed by atoms with Crippen molar-refractivity contribution in [3.8, 4) is 11.1 Å². The molecule has 0 spiro atoms. The van der Waals surface area contributed by atoms with E-state index in [1.807, 2.05) is 42.5 Å². The summed E-state index contributed by atoms with van der Waals surface area (Å²) in [5, 5.41) is 13.7. The number of nitrogens with zero attached hydrogens (tertiary/aromatic N) is 4. The molecule has 2 aromatic heterocycles. The van der Waals surface area contributed by atoms with Crippen LogP contribution < -0.4 is 10.6 Å². The minimum absolute atomic E-state index is 0.0276. The summed E-state index contributed by atoms with van der Waals surface area (Å²) in [6.07, 6.45) is 0.969. The van der Waals surface area contributed by atoms with Gasteiger partial charge < -0.3 is 10.6 Å². The standard InChI is InChI=1S/C29H25F2N7O2S/c30-20-2-1-3-22(13-20)34-28(39)15-23-14-27(37-36-23)35-29-25-9-6-19(12-26(25)32-17-33-29)18-4-7-24(8-5-18)41(40)38-11-10-21(31)16-38/h1-9,12-14,17,21H,10-11,15-16H2,(H,34,39)(H2,32,33,35,36,37). The van der Waals surface area contributed by atoms with Gasteiger partial charge in [-0.1, -0.05) is 24.3 Å². The fourth-order valence-corrected chi connectivity index (χ4v) is 5.90. The normalized spacial score (nSPS) is 16.1. The number of carbonyl (C=O) groups excluding carboxylic acids is 1. The van der Waals surface area contributed by atoms with Crippen molar-refractivity contribution in [2.24, 2.45) is 0 Å². The lowest BCUT2D eigenvalue weighted by Gasteiger charge is -2.14. The number of aromatic amines is 1. The van der Waals surface area contributed by atoms with E-state index in [2.05, 4.69) is 30.8 Å². The predicted molar refractivity (Wildman–Crippen MR) is 153 cm³/mol. The lowest BCUT2D eigenvalue weighted by molar-refractivity contribution is -0.115. The quantitative estimate of drug-likeness (QED) is 0.237. The zero-order valence-corrected chi connectivity index (χ0v) is 22.5. The van der Waals surface area contributed by atoms with Crippen LogP contribution in [0.15, 0.2) is 84.0 Å². The third-order valence-electron chi connectivity index (χ3n) is 6.69. The summed E-state index contributed by atoms with van der Waals surface area (Å²) in [6.45, 7) is 0.683. The van der Waals surface area contributed by atoms with Crippen LogP contribution in [0.25, 0.3) is 22.0 Å². The number of benzene rings is 3. The maximum atomic E-state index is 13.5. The van der Waals surface area contributed by atoms with Crippen LogP contribution in [0.3, 0.4) is 0 Å². The van der Waals surface area contributed by atoms with Crippen molar-refractivity contribution >= 4 is 45.1 Å². The van der Waals surface area contributed by atoms with Gasteiger partial charge in [0.15, 0.2) is 5.82 Å². The number of carbonyl (C=O) groups is 1. The number of amides is 1. The number of hydrogen-bond donors (Lipinski definition) is 3. The van der Waals surface area contributed by atoms with Crippen molar-refractivity contribution in [2.45, 2.75) is 23.9 Å². The van der Waals surface area contributed by atoms with E-state index in [1.54, 1.807) is 16.4 Å². The first-order valence-corrected chi connectivity index (χ1v) is 14.0. The molecule has 0 aliphatic carbocycles. The molecule has 2 atom stereocenters. The molecule has 1 aliphatic heterocycles. The van der Waals surface area contributed by atoms with Crippen molar-refractivity contribution in [3.63, 3.8) is 0 Å². The molecule has 6 rings (SSSR count). The predicted octanol–water partition coefficient (Wildman–Crippen LogP) is 5.15. The Kier molecular flexibility index (Phi) is 7.49. The fourth-order valence-electron chi connectivity index (χ4n) is 4.67. The lowest BCUT2D eigenvalue weighted by Crippen LogP contribution is -2.23. The Hall–Kier alpha value is -4.55. The highest BCUT2D eigenvalue weighted by molar-refractivity contribution is 7.82. The van der Waals surface area contributed by atoms with Gasteiger partial charge in [0.25, 0.3) is 0 Å². The Morgan fingerprint density at radius 2 is 1.88 bits per heavy atom. The van der Waals surface area contributed by atoms with Crippen molar-refractivity contribution in [3.05, 3.63) is 90.6 Å². The number of fused-ring (bicyclic) bond motifs is 1. The van der Waals surface area contributed by atoms with E-state index in [0.717, 1.165) is 16.5 Å². The molecule has 3 N–H and O–H groups in total. The number of aromatic nitrogens is 4. The SMILES string of the molecule is O=C(Cc1cc(Nc2ncnc3cc(-c4ccc(S(=O)N5CCC(F)C5)cc4)ccc23)n[nH]1)Nc1cccc(F)c1. The van der Waals surface area contributed by atoms with Crippen molar-refractivity contribution in [1.82, 2.24) is 24.5 Å². The van der Waals surface area contributed by atoms with E-state index in [1.165, 1.54) is 24.5 Å². The highest BCUT2D eigenvalue weighted by Gasteiger charge is 2.26. The summed E-state index contributed by atoms with van der Waals surface area (Å²) < 4.78 is 41.3. The van der Waals surface area contributed by atoms with Crippen molar-refractivity contribution < 1.29 is 17.8 Å². The number of anilines is 3. The molecule has 9 nitrogen and oxygen atoms in total. The van der Waals surface area contributed by atoms with Gasteiger partial charge in [0, 0.05) is 35.9 Å². The summed E-state index contributed by atoms with van der Waals surface area (Å²) in [4.78, 5) is 21.8. The van der Waals surface area contributed by atoms with E-state index in [0.29, 0.717) is 46.4 Å². The van der Waals surface area contributed by atoms with Crippen LogP contribution >= 0.6 is 0 Å². The molecule has 1 fully saturated rings. The van der Waals surface area contributed by atoms with Gasteiger partial charge in [-0.25, -0.2) is 27.3 Å². The summed E-state index contributed by atoms with van der Waals surface area (Å²) in [7, 11) is -1.38. The number of halogens is 2. The van der Waals surface area contributed by atoms with E-state index < -0.39 is 23.0 Å². The average molecular weight is 574 g/mol. The molecule has 3 heterocycles. The number of nitrogens with one attached hydrogen (secondary N) is 3. The minimum atomic E-state index is -1.38. The fraction of sp³-hybridized carbons (Fsp3) is 0.172. The largest absolute Gasteiger partial charge is 0.326 e. The summed E-state index contributed by atoms with van der Waals surface area (Å²) in [5.41, 5.74) is 3.52. The maximum Gasteiger partial charge on any atom is 0.230 e. The zero-order chi connectivity index (χ0) is 28.3. The molecule has 12 heteroatoms. The van der Waals surface area contributed by atoms with Gasteiger partial charge in [-0.3, -0.25) is 9.89 Å². The van der Waals surface area contributed by atoms with Gasteiger partial charge in [-0.2, -0.15) is 5.10 Å². The zero-order valence-electron chi connectivity index (χ0n) is 21.7. The van der Waals surface area contributed by atoms with Crippen LogP contribution in [0.2, 0.25) is 0 Å². The molecule has 5 aromatic rings. The van der Waals surface area contributed by atoms with Gasteiger partial charge >= 0.3 is 0 Å². The topological polar surface area (TPSA) is 116 Å². The van der Waals surface area contributed by atoms with Crippen LogP contribution in [0.5, 0.6) is 0 Å². The second-order valence-electron chi connectivity index (χ2n) is 9.64. The molecule has 3 aromatic carbocycles. The average Bonchev–Trinajstić information content (AvgIpc) is 3.61. The lowest BCUT2D eigenvalue weighted by atomic mass is 10.0. The molecular formula is C29H25F2N7O2S. The molecule has 41 heavy (non-hydrogen) atoms. The highest BCUT2D eigenvalue weighted by atomic mass is 32.2. The first-order valence-electron chi connectivity index (χ1n) is 12.9. The van der Waals surface area contributed by atoms with E-state index in [9.17, 15) is 17.8 Å². The minimum Gasteiger partial charge on any atom is -0.326 e. The summed E-state index contributed by atoms with van der Waals surface area (Å²) in [5.74, 6) is 0.283. The van der Waals surface area contributed by atoms with Crippen molar-refractivity contribution in [2.75, 3.05) is 23.7 Å².